The first kappa shape index (κ1) is 26.4. The van der Waals surface area contributed by atoms with Gasteiger partial charge in [0.25, 0.3) is 5.91 Å². The number of piperidine rings is 1. The molecule has 3 N–H and O–H groups in total. The Balaban J connectivity index is 1.65. The highest BCUT2D eigenvalue weighted by atomic mass is 32.1. The smallest absolute Gasteiger partial charge is 0.254 e. The number of amides is 1. The lowest BCUT2D eigenvalue weighted by Crippen LogP contribution is -2.49. The van der Waals surface area contributed by atoms with Gasteiger partial charge in [0, 0.05) is 44.0 Å². The molecular weight excluding hydrogens is 470 g/mol. The van der Waals surface area contributed by atoms with Gasteiger partial charge in [-0.15, -0.1) is 0 Å². The fourth-order valence-corrected chi connectivity index (χ4v) is 5.27. The molecule has 1 aromatic carbocycles. The molecular formula is C28H39N5O2S. The zero-order chi connectivity index (χ0) is 26.1. The molecule has 4 rings (SSSR count). The minimum absolute atomic E-state index is 0.00537. The molecule has 0 bridgehead atoms. The molecule has 2 atom stereocenters. The number of hydrogen-bond acceptors (Lipinski definition) is 5. The zero-order valence-corrected chi connectivity index (χ0v) is 22.9. The van der Waals surface area contributed by atoms with Crippen LogP contribution in [0, 0.1) is 31.1 Å². The molecule has 1 saturated heterocycles. The number of benzene rings is 1. The molecule has 1 aliphatic carbocycles. The van der Waals surface area contributed by atoms with Crippen LogP contribution in [0.25, 0.3) is 6.08 Å². The van der Waals surface area contributed by atoms with Gasteiger partial charge in [0.2, 0.25) is 0 Å². The fraction of sp³-hybridized carbons (Fsp3) is 0.500. The molecule has 8 heteroatoms. The van der Waals surface area contributed by atoms with Gasteiger partial charge < -0.3 is 24.8 Å². The average Bonchev–Trinajstić information content (AvgIpc) is 3.63. The number of nitrogens with zero attached hydrogens (tertiary/aromatic N) is 3. The highest BCUT2D eigenvalue weighted by molar-refractivity contribution is 7.83. The van der Waals surface area contributed by atoms with Gasteiger partial charge in [0.15, 0.2) is 0 Å². The summed E-state index contributed by atoms with van der Waals surface area (Å²) in [5.74, 6) is 2.02. The Kier molecular flexibility index (Phi) is 7.85. The van der Waals surface area contributed by atoms with Crippen LogP contribution in [0.4, 0.5) is 5.69 Å². The number of anilines is 1. The quantitative estimate of drug-likeness (QED) is 0.287. The second-order valence-corrected chi connectivity index (χ2v) is 10.7. The van der Waals surface area contributed by atoms with E-state index in [9.17, 15) is 4.79 Å². The summed E-state index contributed by atoms with van der Waals surface area (Å²) >= 11 is 4.26. The highest BCUT2D eigenvalue weighted by Crippen LogP contribution is 2.36. The maximum Gasteiger partial charge on any atom is 0.254 e. The number of thiol groups is 1. The Morgan fingerprint density at radius 2 is 2.00 bits per heavy atom. The van der Waals surface area contributed by atoms with E-state index >= 15 is 0 Å². The van der Waals surface area contributed by atoms with E-state index in [-0.39, 0.29) is 11.9 Å². The van der Waals surface area contributed by atoms with Crippen LogP contribution in [0.5, 0.6) is 5.75 Å². The van der Waals surface area contributed by atoms with Gasteiger partial charge in [0.05, 0.1) is 18.5 Å². The number of nitrogens with two attached hydrogens (primary N) is 1. The van der Waals surface area contributed by atoms with Crippen LogP contribution in [0.3, 0.4) is 0 Å². The lowest BCUT2D eigenvalue weighted by atomic mass is 9.93. The number of aromatic nitrogens is 1. The molecule has 2 heterocycles. The molecule has 1 saturated carbocycles. The van der Waals surface area contributed by atoms with Crippen molar-refractivity contribution in [2.75, 3.05) is 32.1 Å². The van der Waals surface area contributed by atoms with Crippen LogP contribution < -0.4 is 15.4 Å². The van der Waals surface area contributed by atoms with Crippen molar-refractivity contribution in [2.24, 2.45) is 17.6 Å². The molecule has 1 aliphatic heterocycles. The van der Waals surface area contributed by atoms with Crippen LogP contribution in [0.2, 0.25) is 0 Å². The van der Waals surface area contributed by atoms with E-state index in [1.807, 2.05) is 35.9 Å². The molecule has 1 amide bonds. The van der Waals surface area contributed by atoms with Gasteiger partial charge in [-0.2, -0.15) is 12.6 Å². The largest absolute Gasteiger partial charge is 0.495 e. The molecule has 194 valence electrons. The van der Waals surface area contributed by atoms with E-state index in [1.165, 1.54) is 12.8 Å². The van der Waals surface area contributed by atoms with E-state index in [1.54, 1.807) is 18.6 Å². The maximum absolute atomic E-state index is 13.3. The monoisotopic (exact) mass is 509 g/mol. The molecule has 0 unspecified atom stereocenters. The fourth-order valence-electron chi connectivity index (χ4n) is 5.11. The van der Waals surface area contributed by atoms with Crippen molar-refractivity contribution in [1.29, 1.82) is 5.41 Å². The Morgan fingerprint density at radius 3 is 2.61 bits per heavy atom. The minimum Gasteiger partial charge on any atom is -0.495 e. The first-order valence-electron chi connectivity index (χ1n) is 12.7. The third-order valence-electron chi connectivity index (χ3n) is 7.75. The lowest BCUT2D eigenvalue weighted by Gasteiger charge is -2.35. The van der Waals surface area contributed by atoms with Gasteiger partial charge >= 0.3 is 0 Å². The molecule has 1 aromatic heterocycles. The van der Waals surface area contributed by atoms with E-state index in [0.717, 1.165) is 41.2 Å². The van der Waals surface area contributed by atoms with E-state index in [4.69, 9.17) is 15.9 Å². The second kappa shape index (κ2) is 10.7. The summed E-state index contributed by atoms with van der Waals surface area (Å²) in [7, 11) is 3.50. The highest BCUT2D eigenvalue weighted by Gasteiger charge is 2.30. The van der Waals surface area contributed by atoms with Gasteiger partial charge in [-0.3, -0.25) is 10.2 Å². The van der Waals surface area contributed by atoms with Crippen molar-refractivity contribution < 1.29 is 9.53 Å². The predicted molar refractivity (Wildman–Crippen MR) is 151 cm³/mol. The summed E-state index contributed by atoms with van der Waals surface area (Å²) in [5, 5.41) is 10.9. The van der Waals surface area contributed by atoms with Crippen molar-refractivity contribution in [3.05, 3.63) is 51.7 Å². The Bertz CT molecular complexity index is 1180. The van der Waals surface area contributed by atoms with Crippen LogP contribution in [0.15, 0.2) is 23.6 Å². The molecule has 7 nitrogen and oxygen atoms in total. The topological polar surface area (TPSA) is 87.6 Å². The van der Waals surface area contributed by atoms with Crippen molar-refractivity contribution in [3.63, 3.8) is 0 Å². The number of methoxy groups -OCH3 is 1. The number of likely N-dealkylation sites (tertiary alicyclic amines) is 1. The summed E-state index contributed by atoms with van der Waals surface area (Å²) in [6, 6.07) is 5.75. The molecule has 2 fully saturated rings. The van der Waals surface area contributed by atoms with Crippen molar-refractivity contribution in [2.45, 2.75) is 52.6 Å². The summed E-state index contributed by atoms with van der Waals surface area (Å²) in [6.45, 7) is 8.39. The standard InChI is InChI=1S/C28H39N5O2S/c1-17-8-10-32(16-23(17)29)28(34)22-12-18(2)26(25(14-22)35-5)31(4)27(30)24-13-21(9-11-36)19(3)33(24)15-20-6-7-20/h9,11-14,17,20,23,30,36H,6-8,10,15-16,29H2,1-5H3/b11-9-,30-27?/t17-,23+/m1/s1. The number of amidine groups is 1. The molecule has 36 heavy (non-hydrogen) atoms. The number of carbonyl (C=O) groups is 1. The number of ether oxygens (including phenoxy) is 1. The third kappa shape index (κ3) is 5.20. The second-order valence-electron chi connectivity index (χ2n) is 10.4. The number of carbonyl (C=O) groups excluding carboxylic acids is 1. The van der Waals surface area contributed by atoms with Gasteiger partial charge in [-0.1, -0.05) is 6.92 Å². The first-order valence-corrected chi connectivity index (χ1v) is 13.2. The summed E-state index contributed by atoms with van der Waals surface area (Å²) < 4.78 is 8.01. The minimum atomic E-state index is -0.0276. The van der Waals surface area contributed by atoms with Crippen LogP contribution in [-0.2, 0) is 6.54 Å². The van der Waals surface area contributed by atoms with E-state index < -0.39 is 0 Å². The summed E-state index contributed by atoms with van der Waals surface area (Å²) in [5.41, 5.74) is 11.6. The third-order valence-corrected chi connectivity index (χ3v) is 7.90. The normalized spacial score (nSPS) is 20.1. The van der Waals surface area contributed by atoms with E-state index in [2.05, 4.69) is 37.1 Å². The lowest BCUT2D eigenvalue weighted by molar-refractivity contribution is 0.0672. The van der Waals surface area contributed by atoms with Gasteiger partial charge in [-0.05, 0) is 85.8 Å². The molecule has 2 aromatic rings. The summed E-state index contributed by atoms with van der Waals surface area (Å²) in [4.78, 5) is 17.0. The SMILES string of the molecule is COc1cc(C(=O)N2CC[C@@H](C)[C@@H](N)C2)cc(C)c1N(C)C(=N)c1cc(/C=C\S)c(C)n1CC1CC1. The molecule has 2 aliphatic rings. The van der Waals surface area contributed by atoms with Crippen LogP contribution in [-0.4, -0.2) is 54.5 Å². The van der Waals surface area contributed by atoms with Crippen molar-refractivity contribution >= 4 is 36.1 Å². The van der Waals surface area contributed by atoms with Gasteiger partial charge in [-0.25, -0.2) is 0 Å². The van der Waals surface area contributed by atoms with Crippen molar-refractivity contribution in [3.8, 4) is 5.75 Å². The first-order chi connectivity index (χ1) is 17.2. The predicted octanol–water partition coefficient (Wildman–Crippen LogP) is 4.70. The molecule has 0 spiro atoms. The Labute approximate surface area is 220 Å². The van der Waals surface area contributed by atoms with Crippen LogP contribution >= 0.6 is 12.6 Å². The number of hydrogen-bond donors (Lipinski definition) is 3. The summed E-state index contributed by atoms with van der Waals surface area (Å²) in [6.07, 6.45) is 5.35. The number of rotatable bonds is 7. The maximum atomic E-state index is 13.3. The number of nitrogens with one attached hydrogen (secondary N) is 1. The zero-order valence-electron chi connectivity index (χ0n) is 22.0. The average molecular weight is 510 g/mol. The van der Waals surface area contributed by atoms with Gasteiger partial charge in [0.1, 0.15) is 11.6 Å². The molecule has 0 radical (unpaired) electrons. The van der Waals surface area contributed by atoms with Crippen molar-refractivity contribution in [1.82, 2.24) is 9.47 Å². The van der Waals surface area contributed by atoms with Crippen LogP contribution in [0.1, 0.15) is 59.1 Å². The number of aryl methyl sites for hydroxylation is 1. The Morgan fingerprint density at radius 1 is 1.28 bits per heavy atom. The Hall–Kier alpha value is -2.71. The van der Waals surface area contributed by atoms with E-state index in [0.29, 0.717) is 42.1 Å².